The van der Waals surface area contributed by atoms with Crippen LogP contribution in [-0.4, -0.2) is 22.6 Å². The first-order valence-corrected chi connectivity index (χ1v) is 6.59. The number of hydrogen-bond donors (Lipinski definition) is 2. The highest BCUT2D eigenvalue weighted by molar-refractivity contribution is 7.16. The Hall–Kier alpha value is -2.23. The number of carbonyl (C=O) groups is 1. The predicted molar refractivity (Wildman–Crippen MR) is 74.8 cm³/mol. The lowest BCUT2D eigenvalue weighted by Crippen LogP contribution is -2.14. The smallest absolute Gasteiger partial charge is 0.230 e. The molecule has 1 aromatic carbocycles. The summed E-state index contributed by atoms with van der Waals surface area (Å²) in [6, 6.07) is 5.89. The van der Waals surface area contributed by atoms with Crippen LogP contribution in [0.4, 0.5) is 9.52 Å². The van der Waals surface area contributed by atoms with Crippen LogP contribution in [0.3, 0.4) is 0 Å². The van der Waals surface area contributed by atoms with Crippen molar-refractivity contribution in [1.82, 2.24) is 4.98 Å². The van der Waals surface area contributed by atoms with Crippen LogP contribution in [0.15, 0.2) is 30.5 Å². The van der Waals surface area contributed by atoms with E-state index in [0.29, 0.717) is 15.6 Å². The molecule has 2 aromatic rings. The summed E-state index contributed by atoms with van der Waals surface area (Å²) in [5, 5.41) is 11.6. The average molecular weight is 290 g/mol. The van der Waals surface area contributed by atoms with Crippen molar-refractivity contribution in [1.29, 1.82) is 0 Å². The fourth-order valence-electron chi connectivity index (χ4n) is 1.51. The summed E-state index contributed by atoms with van der Waals surface area (Å²) >= 11 is 1.21. The minimum Gasteiger partial charge on any atom is -0.384 e. The minimum absolute atomic E-state index is 0.0784. The summed E-state index contributed by atoms with van der Waals surface area (Å²) in [6.45, 7) is -0.223. The van der Waals surface area contributed by atoms with Gasteiger partial charge in [0.2, 0.25) is 5.91 Å². The van der Waals surface area contributed by atoms with Gasteiger partial charge in [0.15, 0.2) is 5.13 Å². The Labute approximate surface area is 119 Å². The first-order valence-electron chi connectivity index (χ1n) is 5.77. The van der Waals surface area contributed by atoms with Crippen molar-refractivity contribution in [3.05, 3.63) is 46.7 Å². The van der Waals surface area contributed by atoms with Crippen molar-refractivity contribution in [2.75, 3.05) is 11.9 Å². The lowest BCUT2D eigenvalue weighted by atomic mass is 10.1. The molecule has 0 aliphatic rings. The summed E-state index contributed by atoms with van der Waals surface area (Å²) in [5.41, 5.74) is 0.597. The molecule has 0 bridgehead atoms. The number of nitrogens with one attached hydrogen (secondary N) is 1. The van der Waals surface area contributed by atoms with Crippen LogP contribution in [-0.2, 0) is 11.2 Å². The molecule has 0 atom stereocenters. The number of aliphatic hydroxyl groups is 1. The molecule has 2 rings (SSSR count). The van der Waals surface area contributed by atoms with E-state index in [9.17, 15) is 9.18 Å². The molecule has 0 unspecified atom stereocenters. The second kappa shape index (κ2) is 6.80. The number of aliphatic hydroxyl groups excluding tert-OH is 1. The maximum absolute atomic E-state index is 13.0. The van der Waals surface area contributed by atoms with Gasteiger partial charge in [-0.15, -0.1) is 0 Å². The standard InChI is InChI=1S/C14H11FN2O2S/c15-11-4-1-3-10(7-11)8-13(19)17-14-16-9-12(20-14)5-2-6-18/h1,3-4,7,9,18H,6,8H2,(H,16,17,19). The van der Waals surface area contributed by atoms with Crippen LogP contribution in [0.1, 0.15) is 10.4 Å². The second-order valence-electron chi connectivity index (χ2n) is 3.84. The molecule has 20 heavy (non-hydrogen) atoms. The Morgan fingerprint density at radius 3 is 3.10 bits per heavy atom. The zero-order valence-corrected chi connectivity index (χ0v) is 11.2. The summed E-state index contributed by atoms with van der Waals surface area (Å²) in [5.74, 6) is 4.56. The van der Waals surface area contributed by atoms with Gasteiger partial charge >= 0.3 is 0 Å². The second-order valence-corrected chi connectivity index (χ2v) is 4.88. The molecule has 1 aromatic heterocycles. The van der Waals surface area contributed by atoms with E-state index in [1.165, 1.54) is 29.7 Å². The zero-order valence-electron chi connectivity index (χ0n) is 10.4. The van der Waals surface area contributed by atoms with Crippen molar-refractivity contribution in [2.24, 2.45) is 0 Å². The Morgan fingerprint density at radius 2 is 2.35 bits per heavy atom. The van der Waals surface area contributed by atoms with Gasteiger partial charge in [-0.1, -0.05) is 35.3 Å². The molecule has 0 aliphatic heterocycles. The summed E-state index contributed by atoms with van der Waals surface area (Å²) < 4.78 is 13.0. The van der Waals surface area contributed by atoms with Crippen molar-refractivity contribution in [2.45, 2.75) is 6.42 Å². The predicted octanol–water partition coefficient (Wildman–Crippen LogP) is 1.81. The van der Waals surface area contributed by atoms with Gasteiger partial charge in [0.05, 0.1) is 17.5 Å². The van der Waals surface area contributed by atoms with E-state index in [-0.39, 0.29) is 24.8 Å². The van der Waals surface area contributed by atoms with Crippen LogP contribution < -0.4 is 5.32 Å². The Kier molecular flexibility index (Phi) is 4.82. The number of anilines is 1. The Balaban J connectivity index is 1.96. The zero-order chi connectivity index (χ0) is 14.4. The van der Waals surface area contributed by atoms with Crippen LogP contribution >= 0.6 is 11.3 Å². The van der Waals surface area contributed by atoms with Gasteiger partial charge in [0.1, 0.15) is 12.4 Å². The van der Waals surface area contributed by atoms with Crippen molar-refractivity contribution in [3.63, 3.8) is 0 Å². The number of rotatable bonds is 3. The van der Waals surface area contributed by atoms with E-state index in [2.05, 4.69) is 22.1 Å². The van der Waals surface area contributed by atoms with Crippen LogP contribution in [0.25, 0.3) is 0 Å². The third-order valence-corrected chi connectivity index (χ3v) is 3.12. The molecule has 1 heterocycles. The number of nitrogens with zero attached hydrogens (tertiary/aromatic N) is 1. The lowest BCUT2D eigenvalue weighted by Gasteiger charge is -2.01. The Bertz CT molecular complexity index is 673. The fraction of sp³-hybridized carbons (Fsp3) is 0.143. The number of halogens is 1. The van der Waals surface area contributed by atoms with Crippen molar-refractivity contribution in [3.8, 4) is 11.8 Å². The first kappa shape index (κ1) is 14.2. The molecule has 0 radical (unpaired) electrons. The van der Waals surface area contributed by atoms with E-state index in [0.717, 1.165) is 0 Å². The summed E-state index contributed by atoms with van der Waals surface area (Å²) in [6.07, 6.45) is 1.60. The SMILES string of the molecule is O=C(Cc1cccc(F)c1)Nc1ncc(C#CCO)s1. The molecule has 0 saturated carbocycles. The first-order chi connectivity index (χ1) is 9.67. The molecular formula is C14H11FN2O2S. The Morgan fingerprint density at radius 1 is 1.50 bits per heavy atom. The van der Waals surface area contributed by atoms with Gasteiger partial charge in [-0.25, -0.2) is 9.37 Å². The molecule has 4 nitrogen and oxygen atoms in total. The van der Waals surface area contributed by atoms with Crippen LogP contribution in [0, 0.1) is 17.7 Å². The number of amides is 1. The highest BCUT2D eigenvalue weighted by atomic mass is 32.1. The van der Waals surface area contributed by atoms with Gasteiger partial charge in [-0.2, -0.15) is 0 Å². The molecule has 0 spiro atoms. The van der Waals surface area contributed by atoms with E-state index >= 15 is 0 Å². The van der Waals surface area contributed by atoms with Gasteiger partial charge in [0.25, 0.3) is 0 Å². The van der Waals surface area contributed by atoms with Gasteiger partial charge < -0.3 is 10.4 Å². The normalized spacial score (nSPS) is 9.70. The number of aromatic nitrogens is 1. The molecule has 6 heteroatoms. The highest BCUT2D eigenvalue weighted by Crippen LogP contribution is 2.17. The maximum Gasteiger partial charge on any atom is 0.230 e. The number of carbonyl (C=O) groups excluding carboxylic acids is 1. The van der Waals surface area contributed by atoms with Crippen molar-refractivity contribution < 1.29 is 14.3 Å². The van der Waals surface area contributed by atoms with E-state index < -0.39 is 0 Å². The third-order valence-electron chi connectivity index (χ3n) is 2.30. The van der Waals surface area contributed by atoms with E-state index in [1.54, 1.807) is 12.1 Å². The monoisotopic (exact) mass is 290 g/mol. The maximum atomic E-state index is 13.0. The highest BCUT2D eigenvalue weighted by Gasteiger charge is 2.07. The number of hydrogen-bond acceptors (Lipinski definition) is 4. The van der Waals surface area contributed by atoms with Gasteiger partial charge in [0, 0.05) is 0 Å². The molecule has 1 amide bonds. The fourth-order valence-corrected chi connectivity index (χ4v) is 2.22. The topological polar surface area (TPSA) is 62.2 Å². The quantitative estimate of drug-likeness (QED) is 0.847. The van der Waals surface area contributed by atoms with Crippen molar-refractivity contribution >= 4 is 22.4 Å². The van der Waals surface area contributed by atoms with Crippen LogP contribution in [0.5, 0.6) is 0 Å². The summed E-state index contributed by atoms with van der Waals surface area (Å²) in [4.78, 5) is 16.4. The molecule has 0 aliphatic carbocycles. The summed E-state index contributed by atoms with van der Waals surface area (Å²) in [7, 11) is 0. The van der Waals surface area contributed by atoms with Crippen LogP contribution in [0.2, 0.25) is 0 Å². The molecule has 102 valence electrons. The van der Waals surface area contributed by atoms with Gasteiger partial charge in [-0.05, 0) is 17.7 Å². The average Bonchev–Trinajstić information content (AvgIpc) is 2.83. The third kappa shape index (κ3) is 4.16. The van der Waals surface area contributed by atoms with E-state index in [1.807, 2.05) is 0 Å². The lowest BCUT2D eigenvalue weighted by molar-refractivity contribution is -0.115. The number of thiazole rings is 1. The van der Waals surface area contributed by atoms with E-state index in [4.69, 9.17) is 5.11 Å². The van der Waals surface area contributed by atoms with Gasteiger partial charge in [-0.3, -0.25) is 4.79 Å². The minimum atomic E-state index is -0.369. The number of benzene rings is 1. The molecule has 2 N–H and O–H groups in total. The molecule has 0 saturated heterocycles. The molecular weight excluding hydrogens is 279 g/mol. The largest absolute Gasteiger partial charge is 0.384 e. The molecule has 0 fully saturated rings.